The average Bonchev–Trinajstić information content (AvgIpc) is 2.94. The fourth-order valence-electron chi connectivity index (χ4n) is 2.17. The van der Waals surface area contributed by atoms with Gasteiger partial charge in [-0.25, -0.2) is 4.98 Å². The second kappa shape index (κ2) is 7.67. The van der Waals surface area contributed by atoms with E-state index in [2.05, 4.69) is 15.3 Å². The number of nitrogens with one attached hydrogen (secondary N) is 2. The van der Waals surface area contributed by atoms with E-state index in [0.29, 0.717) is 19.4 Å². The summed E-state index contributed by atoms with van der Waals surface area (Å²) in [5.41, 5.74) is -0.939. The number of aromatic nitrogens is 2. The van der Waals surface area contributed by atoms with E-state index >= 15 is 0 Å². The number of nitrogens with zero attached hydrogens (tertiary/aromatic N) is 1. The van der Waals surface area contributed by atoms with Crippen molar-refractivity contribution < 1.29 is 14.7 Å². The van der Waals surface area contributed by atoms with Gasteiger partial charge in [-0.1, -0.05) is 13.8 Å². The molecule has 0 aliphatic carbocycles. The first kappa shape index (κ1) is 16.2. The first-order valence-corrected chi connectivity index (χ1v) is 7.02. The SMILES string of the molecule is CCC(CC)(CC(=O)NCCCc1ncc[nH]1)C(=O)O. The number of carboxylic acid groups (broad SMARTS) is 1. The predicted molar refractivity (Wildman–Crippen MR) is 75.2 cm³/mol. The van der Waals surface area contributed by atoms with Gasteiger partial charge in [0.25, 0.3) is 0 Å². The standard InChI is InChI=1S/C14H23N3O3/c1-3-14(4-2,13(19)20)10-12(18)17-7-5-6-11-15-8-9-16-11/h8-9H,3-7,10H2,1-2H3,(H,15,16)(H,17,18)(H,19,20). The molecular weight excluding hydrogens is 258 g/mol. The molecule has 112 valence electrons. The molecule has 0 unspecified atom stereocenters. The molecule has 0 spiro atoms. The van der Waals surface area contributed by atoms with Crippen LogP contribution in [0.3, 0.4) is 0 Å². The normalized spacial score (nSPS) is 11.3. The third-order valence-corrected chi connectivity index (χ3v) is 3.77. The van der Waals surface area contributed by atoms with Crippen LogP contribution in [0.1, 0.15) is 45.4 Å². The lowest BCUT2D eigenvalue weighted by Crippen LogP contribution is -2.37. The lowest BCUT2D eigenvalue weighted by atomic mass is 9.79. The number of carboxylic acids is 1. The topological polar surface area (TPSA) is 95.1 Å². The molecule has 1 amide bonds. The van der Waals surface area contributed by atoms with Gasteiger partial charge in [-0.05, 0) is 19.3 Å². The highest BCUT2D eigenvalue weighted by atomic mass is 16.4. The van der Waals surface area contributed by atoms with Crippen LogP contribution in [-0.2, 0) is 16.0 Å². The van der Waals surface area contributed by atoms with Crippen molar-refractivity contribution in [2.24, 2.45) is 5.41 Å². The predicted octanol–water partition coefficient (Wildman–Crippen LogP) is 1.74. The van der Waals surface area contributed by atoms with E-state index in [4.69, 9.17) is 0 Å². The summed E-state index contributed by atoms with van der Waals surface area (Å²) in [6.45, 7) is 4.15. The van der Waals surface area contributed by atoms with Crippen molar-refractivity contribution >= 4 is 11.9 Å². The summed E-state index contributed by atoms with van der Waals surface area (Å²) in [5, 5.41) is 12.1. The summed E-state index contributed by atoms with van der Waals surface area (Å²) >= 11 is 0. The number of rotatable bonds is 9. The molecule has 0 aromatic carbocycles. The molecule has 20 heavy (non-hydrogen) atoms. The van der Waals surface area contributed by atoms with Crippen molar-refractivity contribution in [2.75, 3.05) is 6.54 Å². The molecule has 0 radical (unpaired) electrons. The van der Waals surface area contributed by atoms with Crippen LogP contribution in [0, 0.1) is 5.41 Å². The van der Waals surface area contributed by atoms with Gasteiger partial charge in [0.2, 0.25) is 5.91 Å². The number of H-pyrrole nitrogens is 1. The zero-order valence-electron chi connectivity index (χ0n) is 12.1. The Labute approximate surface area is 119 Å². The first-order chi connectivity index (χ1) is 9.54. The molecule has 6 heteroatoms. The molecular formula is C14H23N3O3. The summed E-state index contributed by atoms with van der Waals surface area (Å²) in [6.07, 6.45) is 5.94. The summed E-state index contributed by atoms with van der Waals surface area (Å²) in [5.74, 6) is -0.204. The maximum atomic E-state index is 11.8. The van der Waals surface area contributed by atoms with E-state index in [-0.39, 0.29) is 12.3 Å². The number of aliphatic carboxylic acids is 1. The Kier molecular flexibility index (Phi) is 6.21. The van der Waals surface area contributed by atoms with Gasteiger partial charge in [-0.2, -0.15) is 0 Å². The smallest absolute Gasteiger partial charge is 0.310 e. The van der Waals surface area contributed by atoms with E-state index in [1.165, 1.54) is 0 Å². The molecule has 6 nitrogen and oxygen atoms in total. The van der Waals surface area contributed by atoms with Crippen molar-refractivity contribution in [3.05, 3.63) is 18.2 Å². The summed E-state index contributed by atoms with van der Waals surface area (Å²) < 4.78 is 0. The number of aromatic amines is 1. The molecule has 0 fully saturated rings. The summed E-state index contributed by atoms with van der Waals surface area (Å²) in [7, 11) is 0. The largest absolute Gasteiger partial charge is 0.481 e. The second-order valence-corrected chi connectivity index (χ2v) is 4.96. The van der Waals surface area contributed by atoms with Crippen molar-refractivity contribution in [2.45, 2.75) is 46.0 Å². The van der Waals surface area contributed by atoms with Gasteiger partial charge in [-0.3, -0.25) is 9.59 Å². The zero-order valence-corrected chi connectivity index (χ0v) is 12.1. The van der Waals surface area contributed by atoms with Gasteiger partial charge in [-0.15, -0.1) is 0 Å². The van der Waals surface area contributed by atoms with Crippen LogP contribution in [-0.4, -0.2) is 33.5 Å². The lowest BCUT2D eigenvalue weighted by Gasteiger charge is -2.25. The van der Waals surface area contributed by atoms with Crippen LogP contribution in [0.25, 0.3) is 0 Å². The minimum Gasteiger partial charge on any atom is -0.481 e. The Hall–Kier alpha value is -1.85. The Bertz CT molecular complexity index is 425. The highest BCUT2D eigenvalue weighted by Gasteiger charge is 2.36. The van der Waals surface area contributed by atoms with Gasteiger partial charge in [0.15, 0.2) is 0 Å². The summed E-state index contributed by atoms with van der Waals surface area (Å²) in [6, 6.07) is 0. The zero-order chi connectivity index (χ0) is 15.0. The number of carbonyl (C=O) groups is 2. The van der Waals surface area contributed by atoms with E-state index in [1.54, 1.807) is 12.4 Å². The van der Waals surface area contributed by atoms with E-state index in [9.17, 15) is 14.7 Å². The average molecular weight is 281 g/mol. The van der Waals surface area contributed by atoms with Crippen molar-refractivity contribution in [3.8, 4) is 0 Å². The summed E-state index contributed by atoms with van der Waals surface area (Å²) in [4.78, 5) is 30.2. The molecule has 1 aromatic heterocycles. The molecule has 0 aliphatic heterocycles. The van der Waals surface area contributed by atoms with Gasteiger partial charge < -0.3 is 15.4 Å². The minimum atomic E-state index is -0.939. The third-order valence-electron chi connectivity index (χ3n) is 3.77. The molecule has 0 aliphatic rings. The minimum absolute atomic E-state index is 0.0378. The first-order valence-electron chi connectivity index (χ1n) is 7.02. The van der Waals surface area contributed by atoms with Crippen LogP contribution < -0.4 is 5.32 Å². The van der Waals surface area contributed by atoms with Gasteiger partial charge in [0, 0.05) is 31.8 Å². The van der Waals surface area contributed by atoms with E-state index < -0.39 is 11.4 Å². The maximum Gasteiger partial charge on any atom is 0.310 e. The molecule has 3 N–H and O–H groups in total. The fourth-order valence-corrected chi connectivity index (χ4v) is 2.17. The number of hydrogen-bond acceptors (Lipinski definition) is 3. The Morgan fingerprint density at radius 3 is 2.60 bits per heavy atom. The Morgan fingerprint density at radius 1 is 1.40 bits per heavy atom. The van der Waals surface area contributed by atoms with Gasteiger partial charge in [0.1, 0.15) is 5.82 Å². The third kappa shape index (κ3) is 4.36. The highest BCUT2D eigenvalue weighted by Crippen LogP contribution is 2.30. The van der Waals surface area contributed by atoms with Crippen LogP contribution in [0.5, 0.6) is 0 Å². The molecule has 1 heterocycles. The van der Waals surface area contributed by atoms with Crippen LogP contribution in [0.4, 0.5) is 0 Å². The number of aryl methyl sites for hydroxylation is 1. The monoisotopic (exact) mass is 281 g/mol. The fraction of sp³-hybridized carbons (Fsp3) is 0.643. The van der Waals surface area contributed by atoms with E-state index in [0.717, 1.165) is 18.7 Å². The Morgan fingerprint density at radius 2 is 2.10 bits per heavy atom. The van der Waals surface area contributed by atoms with Gasteiger partial charge >= 0.3 is 5.97 Å². The molecule has 1 rings (SSSR count). The molecule has 0 atom stereocenters. The second-order valence-electron chi connectivity index (χ2n) is 4.96. The van der Waals surface area contributed by atoms with Crippen LogP contribution in [0.2, 0.25) is 0 Å². The van der Waals surface area contributed by atoms with E-state index in [1.807, 2.05) is 13.8 Å². The van der Waals surface area contributed by atoms with Crippen LogP contribution in [0.15, 0.2) is 12.4 Å². The quantitative estimate of drug-likeness (QED) is 0.601. The number of hydrogen-bond donors (Lipinski definition) is 3. The maximum absolute atomic E-state index is 11.8. The molecule has 0 saturated carbocycles. The van der Waals surface area contributed by atoms with Crippen molar-refractivity contribution in [1.82, 2.24) is 15.3 Å². The van der Waals surface area contributed by atoms with Crippen molar-refractivity contribution in [1.29, 1.82) is 0 Å². The van der Waals surface area contributed by atoms with Gasteiger partial charge in [0.05, 0.1) is 5.41 Å². The van der Waals surface area contributed by atoms with Crippen LogP contribution >= 0.6 is 0 Å². The number of carbonyl (C=O) groups excluding carboxylic acids is 1. The molecule has 0 bridgehead atoms. The lowest BCUT2D eigenvalue weighted by molar-refractivity contribution is -0.152. The Balaban J connectivity index is 2.33. The molecule has 1 aromatic rings. The highest BCUT2D eigenvalue weighted by molar-refractivity contribution is 5.84. The number of imidazole rings is 1. The molecule has 0 saturated heterocycles. The number of amides is 1. The van der Waals surface area contributed by atoms with Crippen molar-refractivity contribution in [3.63, 3.8) is 0 Å².